The van der Waals surface area contributed by atoms with Crippen LogP contribution in [-0.4, -0.2) is 15.0 Å². The molecule has 1 rings (SSSR count). The first-order valence-electron chi connectivity index (χ1n) is 7.10. The average Bonchev–Trinajstić information content (AvgIpc) is 2.36. The molecule has 6 heteroatoms. The van der Waals surface area contributed by atoms with E-state index in [1.807, 2.05) is 0 Å². The highest BCUT2D eigenvalue weighted by Crippen LogP contribution is 2.19. The normalized spacial score (nSPS) is 11.5. The Morgan fingerprint density at radius 3 is 2.35 bits per heavy atom. The Hall–Kier alpha value is -1.27. The first-order valence-corrected chi connectivity index (χ1v) is 8.65. The van der Waals surface area contributed by atoms with Gasteiger partial charge in [0.15, 0.2) is 0 Å². The van der Waals surface area contributed by atoms with Crippen LogP contribution >= 0.6 is 0 Å². The van der Waals surface area contributed by atoms with Gasteiger partial charge in [-0.05, 0) is 24.6 Å². The van der Waals surface area contributed by atoms with Crippen molar-refractivity contribution in [3.63, 3.8) is 0 Å². The highest BCUT2D eigenvalue weighted by molar-refractivity contribution is 7.89. The van der Waals surface area contributed by atoms with Crippen LogP contribution in [0.1, 0.15) is 45.4 Å². The number of nitrogens with two attached hydrogens (primary N) is 2. The lowest BCUT2D eigenvalue weighted by atomic mass is 10.1. The summed E-state index contributed by atoms with van der Waals surface area (Å²) < 4.78 is 22.6. The van der Waals surface area contributed by atoms with E-state index in [1.165, 1.54) is 44.2 Å². The molecule has 0 unspecified atom stereocenters. The summed E-state index contributed by atoms with van der Waals surface area (Å²) in [7, 11) is -3.71. The Balaban J connectivity index is 2.43. The standard InChI is InChI=1S/C14H25N3O2S/c1-2-3-4-5-6-7-8-17-13-9-12(15)10-14(11-13)20(16,18)19/h9-11,17H,2-8,15H2,1H3,(H2,16,18,19). The van der Waals surface area contributed by atoms with E-state index >= 15 is 0 Å². The number of nitrogens with one attached hydrogen (secondary N) is 1. The first kappa shape index (κ1) is 16.8. The minimum absolute atomic E-state index is 0.0444. The molecule has 5 nitrogen and oxygen atoms in total. The number of hydrogen-bond donors (Lipinski definition) is 3. The van der Waals surface area contributed by atoms with Crippen molar-refractivity contribution < 1.29 is 8.42 Å². The van der Waals surface area contributed by atoms with Crippen molar-refractivity contribution in [3.05, 3.63) is 18.2 Å². The molecule has 1 aromatic carbocycles. The molecule has 0 spiro atoms. The van der Waals surface area contributed by atoms with Crippen LogP contribution in [0.2, 0.25) is 0 Å². The monoisotopic (exact) mass is 299 g/mol. The maximum absolute atomic E-state index is 11.3. The van der Waals surface area contributed by atoms with Crippen molar-refractivity contribution in [3.8, 4) is 0 Å². The molecule has 0 aliphatic rings. The molecule has 0 atom stereocenters. The van der Waals surface area contributed by atoms with Gasteiger partial charge in [-0.25, -0.2) is 13.6 Å². The van der Waals surface area contributed by atoms with Crippen LogP contribution in [0.15, 0.2) is 23.1 Å². The highest BCUT2D eigenvalue weighted by Gasteiger charge is 2.09. The third-order valence-electron chi connectivity index (χ3n) is 3.12. The number of nitrogen functional groups attached to an aromatic ring is 1. The molecular weight excluding hydrogens is 274 g/mol. The Bertz CT molecular complexity index is 515. The van der Waals surface area contributed by atoms with Gasteiger partial charge in [-0.2, -0.15) is 0 Å². The number of benzene rings is 1. The van der Waals surface area contributed by atoms with E-state index in [1.54, 1.807) is 6.07 Å². The van der Waals surface area contributed by atoms with Gasteiger partial charge in [-0.1, -0.05) is 39.0 Å². The van der Waals surface area contributed by atoms with Crippen LogP contribution in [0.25, 0.3) is 0 Å². The minimum Gasteiger partial charge on any atom is -0.399 e. The van der Waals surface area contributed by atoms with Crippen molar-refractivity contribution in [1.29, 1.82) is 0 Å². The number of anilines is 2. The number of primary sulfonamides is 1. The molecule has 0 aliphatic carbocycles. The van der Waals surface area contributed by atoms with Crippen LogP contribution < -0.4 is 16.2 Å². The fourth-order valence-electron chi connectivity index (χ4n) is 2.03. The maximum Gasteiger partial charge on any atom is 0.238 e. The highest BCUT2D eigenvalue weighted by atomic mass is 32.2. The number of rotatable bonds is 9. The van der Waals surface area contributed by atoms with Gasteiger partial charge in [-0.3, -0.25) is 0 Å². The second-order valence-corrected chi connectivity index (χ2v) is 6.59. The Kier molecular flexibility index (Phi) is 6.81. The summed E-state index contributed by atoms with van der Waals surface area (Å²) >= 11 is 0. The van der Waals surface area contributed by atoms with Gasteiger partial charge in [0.2, 0.25) is 10.0 Å². The molecule has 1 aromatic rings. The quantitative estimate of drug-likeness (QED) is 0.482. The fourth-order valence-corrected chi connectivity index (χ4v) is 2.62. The predicted octanol–water partition coefficient (Wildman–Crippen LogP) is 2.69. The van der Waals surface area contributed by atoms with Crippen molar-refractivity contribution in [2.45, 2.75) is 50.3 Å². The molecule has 0 radical (unpaired) electrons. The summed E-state index contributed by atoms with van der Waals surface area (Å²) in [5.41, 5.74) is 6.77. The van der Waals surface area contributed by atoms with E-state index in [4.69, 9.17) is 10.9 Å². The van der Waals surface area contributed by atoms with E-state index in [9.17, 15) is 8.42 Å². The van der Waals surface area contributed by atoms with Gasteiger partial charge in [0.05, 0.1) is 4.90 Å². The number of unbranched alkanes of at least 4 members (excludes halogenated alkanes) is 5. The van der Waals surface area contributed by atoms with Crippen LogP contribution in [0.5, 0.6) is 0 Å². The molecule has 0 aliphatic heterocycles. The molecule has 5 N–H and O–H groups in total. The molecular formula is C14H25N3O2S. The molecule has 0 saturated carbocycles. The Morgan fingerprint density at radius 1 is 1.05 bits per heavy atom. The van der Waals surface area contributed by atoms with Gasteiger partial charge in [-0.15, -0.1) is 0 Å². The molecule has 0 aromatic heterocycles. The zero-order valence-corrected chi connectivity index (χ0v) is 12.9. The van der Waals surface area contributed by atoms with E-state index in [0.717, 1.165) is 13.0 Å². The Labute approximate surface area is 121 Å². The molecule has 0 amide bonds. The van der Waals surface area contributed by atoms with Crippen molar-refractivity contribution >= 4 is 21.4 Å². The van der Waals surface area contributed by atoms with Crippen molar-refractivity contribution in [1.82, 2.24) is 0 Å². The summed E-state index contributed by atoms with van der Waals surface area (Å²) in [5.74, 6) is 0. The molecule has 0 saturated heterocycles. The summed E-state index contributed by atoms with van der Waals surface area (Å²) in [4.78, 5) is 0.0444. The fraction of sp³-hybridized carbons (Fsp3) is 0.571. The maximum atomic E-state index is 11.3. The lowest BCUT2D eigenvalue weighted by Crippen LogP contribution is -2.13. The second-order valence-electron chi connectivity index (χ2n) is 5.03. The average molecular weight is 299 g/mol. The predicted molar refractivity (Wildman–Crippen MR) is 84.1 cm³/mol. The minimum atomic E-state index is -3.71. The second kappa shape index (κ2) is 8.11. The summed E-state index contributed by atoms with van der Waals surface area (Å²) in [6.45, 7) is 3.00. The third-order valence-corrected chi connectivity index (χ3v) is 4.01. The molecule has 0 bridgehead atoms. The van der Waals surface area contributed by atoms with Crippen LogP contribution in [0.3, 0.4) is 0 Å². The third kappa shape index (κ3) is 6.25. The molecule has 0 fully saturated rings. The zero-order valence-electron chi connectivity index (χ0n) is 12.1. The number of sulfonamides is 1. The van der Waals surface area contributed by atoms with Gasteiger partial charge in [0.1, 0.15) is 0 Å². The summed E-state index contributed by atoms with van der Waals surface area (Å²) in [6, 6.07) is 4.60. The number of hydrogen-bond acceptors (Lipinski definition) is 4. The van der Waals surface area contributed by atoms with E-state index in [0.29, 0.717) is 11.4 Å². The van der Waals surface area contributed by atoms with Crippen molar-refractivity contribution in [2.24, 2.45) is 5.14 Å². The molecule has 20 heavy (non-hydrogen) atoms. The lowest BCUT2D eigenvalue weighted by Gasteiger charge is -2.09. The van der Waals surface area contributed by atoms with Crippen LogP contribution in [0, 0.1) is 0 Å². The lowest BCUT2D eigenvalue weighted by molar-refractivity contribution is 0.598. The van der Waals surface area contributed by atoms with Gasteiger partial charge in [0, 0.05) is 17.9 Å². The first-order chi connectivity index (χ1) is 9.43. The van der Waals surface area contributed by atoms with Crippen molar-refractivity contribution in [2.75, 3.05) is 17.6 Å². The SMILES string of the molecule is CCCCCCCCNc1cc(N)cc(S(N)(=O)=O)c1. The summed E-state index contributed by atoms with van der Waals surface area (Å²) in [5, 5.41) is 8.30. The smallest absolute Gasteiger partial charge is 0.238 e. The molecule has 0 heterocycles. The van der Waals surface area contributed by atoms with Gasteiger partial charge in [0.25, 0.3) is 0 Å². The van der Waals surface area contributed by atoms with E-state index in [2.05, 4.69) is 12.2 Å². The van der Waals surface area contributed by atoms with Gasteiger partial charge < -0.3 is 11.1 Å². The Morgan fingerprint density at radius 2 is 1.70 bits per heavy atom. The molecule has 114 valence electrons. The zero-order chi connectivity index (χ0) is 15.0. The summed E-state index contributed by atoms with van der Waals surface area (Å²) in [6.07, 6.45) is 7.30. The topological polar surface area (TPSA) is 98.2 Å². The van der Waals surface area contributed by atoms with Crippen LogP contribution in [-0.2, 0) is 10.0 Å². The van der Waals surface area contributed by atoms with E-state index < -0.39 is 10.0 Å². The van der Waals surface area contributed by atoms with E-state index in [-0.39, 0.29) is 4.90 Å². The van der Waals surface area contributed by atoms with Gasteiger partial charge >= 0.3 is 0 Å². The largest absolute Gasteiger partial charge is 0.399 e. The van der Waals surface area contributed by atoms with Crippen LogP contribution in [0.4, 0.5) is 11.4 Å².